The van der Waals surface area contributed by atoms with Gasteiger partial charge in [0.15, 0.2) is 5.75 Å². The Morgan fingerprint density at radius 1 is 1.47 bits per heavy atom. The summed E-state index contributed by atoms with van der Waals surface area (Å²) in [6, 6.07) is 7.50. The molecule has 0 fully saturated rings. The zero-order valence-electron chi connectivity index (χ0n) is 9.64. The van der Waals surface area contributed by atoms with Gasteiger partial charge >= 0.3 is 0 Å². The molecule has 0 aliphatic heterocycles. The average Bonchev–Trinajstić information content (AvgIpc) is 2.69. The smallest absolute Gasteiger partial charge is 0.151 e. The molecule has 0 spiro atoms. The molecule has 0 saturated carbocycles. The quantitative estimate of drug-likeness (QED) is 0.791. The topological polar surface area (TPSA) is 76.9 Å². The fourth-order valence-corrected chi connectivity index (χ4v) is 1.73. The van der Waals surface area contributed by atoms with Crippen LogP contribution in [-0.2, 0) is 7.05 Å². The number of aryl methyl sites for hydroxylation is 1. The van der Waals surface area contributed by atoms with E-state index in [0.717, 1.165) is 5.56 Å². The number of nitriles is 1. The normalized spacial score (nSPS) is 9.94. The second-order valence-corrected chi connectivity index (χ2v) is 3.59. The number of ether oxygens (including phenoxy) is 1. The van der Waals surface area contributed by atoms with Crippen molar-refractivity contribution >= 4 is 5.69 Å². The second kappa shape index (κ2) is 4.18. The third-order valence-corrected chi connectivity index (χ3v) is 2.55. The number of nitrogens with zero attached hydrogens (tertiary/aromatic N) is 3. The van der Waals surface area contributed by atoms with E-state index in [1.165, 1.54) is 0 Å². The van der Waals surface area contributed by atoms with E-state index in [-0.39, 0.29) is 0 Å². The van der Waals surface area contributed by atoms with Crippen molar-refractivity contribution < 1.29 is 4.74 Å². The minimum absolute atomic E-state index is 0.480. The van der Waals surface area contributed by atoms with Crippen LogP contribution >= 0.6 is 0 Å². The molecule has 0 saturated heterocycles. The molecule has 1 aromatic carbocycles. The van der Waals surface area contributed by atoms with Crippen molar-refractivity contribution in [2.24, 2.45) is 7.05 Å². The average molecular weight is 228 g/mol. The summed E-state index contributed by atoms with van der Waals surface area (Å²) in [6.07, 6.45) is 1.59. The van der Waals surface area contributed by atoms with Gasteiger partial charge in [0.1, 0.15) is 17.5 Å². The van der Waals surface area contributed by atoms with Gasteiger partial charge in [-0.2, -0.15) is 5.26 Å². The Bertz CT molecular complexity index is 595. The first-order chi connectivity index (χ1) is 8.19. The molecule has 2 N–H and O–H groups in total. The maximum Gasteiger partial charge on any atom is 0.151 e. The maximum absolute atomic E-state index is 9.10. The third kappa shape index (κ3) is 1.70. The van der Waals surface area contributed by atoms with Crippen molar-refractivity contribution in [1.29, 1.82) is 5.26 Å². The van der Waals surface area contributed by atoms with Gasteiger partial charge in [-0.3, -0.25) is 0 Å². The summed E-state index contributed by atoms with van der Waals surface area (Å²) >= 11 is 0. The first-order valence-corrected chi connectivity index (χ1v) is 5.03. The lowest BCUT2D eigenvalue weighted by Gasteiger charge is -2.09. The standard InChI is InChI=1S/C12H12N4O/c1-16-7-15-11(10(16)6-13)8-4-3-5-9(14)12(8)17-2/h3-5,7H,14H2,1-2H3. The van der Waals surface area contributed by atoms with Gasteiger partial charge in [-0.15, -0.1) is 0 Å². The summed E-state index contributed by atoms with van der Waals surface area (Å²) in [7, 11) is 3.32. The first-order valence-electron chi connectivity index (χ1n) is 5.03. The summed E-state index contributed by atoms with van der Waals surface area (Å²) in [4.78, 5) is 4.21. The van der Waals surface area contributed by atoms with Gasteiger partial charge in [-0.25, -0.2) is 4.98 Å². The van der Waals surface area contributed by atoms with Crippen LogP contribution in [0.15, 0.2) is 24.5 Å². The number of anilines is 1. The Labute approximate surface area is 99.1 Å². The SMILES string of the molecule is COc1c(N)cccc1-c1ncn(C)c1C#N. The largest absolute Gasteiger partial charge is 0.494 e. The lowest BCUT2D eigenvalue weighted by molar-refractivity contribution is 0.418. The van der Waals surface area contributed by atoms with E-state index in [4.69, 9.17) is 15.7 Å². The van der Waals surface area contributed by atoms with Crippen molar-refractivity contribution in [3.05, 3.63) is 30.2 Å². The molecule has 5 heteroatoms. The van der Waals surface area contributed by atoms with E-state index < -0.39 is 0 Å². The molecular weight excluding hydrogens is 216 g/mol. The zero-order chi connectivity index (χ0) is 12.4. The Kier molecular flexibility index (Phi) is 2.71. The minimum Gasteiger partial charge on any atom is -0.494 e. The van der Waals surface area contributed by atoms with Gasteiger partial charge in [0.25, 0.3) is 0 Å². The van der Waals surface area contributed by atoms with Crippen LogP contribution in [0.4, 0.5) is 5.69 Å². The number of hydrogen-bond acceptors (Lipinski definition) is 4. The van der Waals surface area contributed by atoms with Crippen molar-refractivity contribution in [2.45, 2.75) is 0 Å². The van der Waals surface area contributed by atoms with Gasteiger partial charge in [-0.05, 0) is 12.1 Å². The number of aromatic nitrogens is 2. The van der Waals surface area contributed by atoms with Gasteiger partial charge in [-0.1, -0.05) is 6.07 Å². The van der Waals surface area contributed by atoms with E-state index >= 15 is 0 Å². The molecule has 0 amide bonds. The number of para-hydroxylation sites is 1. The number of rotatable bonds is 2. The number of nitrogens with two attached hydrogens (primary N) is 1. The number of benzene rings is 1. The zero-order valence-corrected chi connectivity index (χ0v) is 9.64. The van der Waals surface area contributed by atoms with Crippen molar-refractivity contribution in [3.63, 3.8) is 0 Å². The molecule has 86 valence electrons. The van der Waals surface area contributed by atoms with Crippen LogP contribution in [0.25, 0.3) is 11.3 Å². The van der Waals surface area contributed by atoms with Crippen LogP contribution in [0.3, 0.4) is 0 Å². The second-order valence-electron chi connectivity index (χ2n) is 3.59. The van der Waals surface area contributed by atoms with Crippen LogP contribution in [0, 0.1) is 11.3 Å². The van der Waals surface area contributed by atoms with Crippen molar-refractivity contribution in [2.75, 3.05) is 12.8 Å². The summed E-state index contributed by atoms with van der Waals surface area (Å²) in [5.74, 6) is 0.544. The van der Waals surface area contributed by atoms with Crippen molar-refractivity contribution in [1.82, 2.24) is 9.55 Å². The Morgan fingerprint density at radius 3 is 2.88 bits per heavy atom. The van der Waals surface area contributed by atoms with Gasteiger partial charge in [0.05, 0.1) is 19.1 Å². The number of nitrogen functional groups attached to an aromatic ring is 1. The minimum atomic E-state index is 0.480. The van der Waals surface area contributed by atoms with Crippen LogP contribution < -0.4 is 10.5 Å². The predicted molar refractivity (Wildman–Crippen MR) is 64.3 cm³/mol. The lowest BCUT2D eigenvalue weighted by atomic mass is 10.1. The van der Waals surface area contributed by atoms with Crippen LogP contribution in [-0.4, -0.2) is 16.7 Å². The number of methoxy groups -OCH3 is 1. The van der Waals surface area contributed by atoms with Gasteiger partial charge in [0.2, 0.25) is 0 Å². The predicted octanol–water partition coefficient (Wildman–Crippen LogP) is 1.55. The van der Waals surface area contributed by atoms with Crippen LogP contribution in [0.1, 0.15) is 5.69 Å². The fraction of sp³-hybridized carbons (Fsp3) is 0.167. The molecule has 0 bridgehead atoms. The van der Waals surface area contributed by atoms with E-state index in [9.17, 15) is 0 Å². The molecule has 0 unspecified atom stereocenters. The molecule has 0 atom stereocenters. The van der Waals surface area contributed by atoms with Gasteiger partial charge in [0, 0.05) is 12.6 Å². The Balaban J connectivity index is 2.69. The molecule has 2 aromatic rings. The van der Waals surface area contributed by atoms with E-state index in [1.54, 1.807) is 31.1 Å². The first kappa shape index (κ1) is 11.0. The van der Waals surface area contributed by atoms with E-state index in [1.807, 2.05) is 12.1 Å². The molecule has 0 aliphatic rings. The monoisotopic (exact) mass is 228 g/mol. The van der Waals surface area contributed by atoms with E-state index in [0.29, 0.717) is 22.8 Å². The molecule has 2 rings (SSSR count). The molecule has 1 aromatic heterocycles. The van der Waals surface area contributed by atoms with Gasteiger partial charge < -0.3 is 15.0 Å². The maximum atomic E-state index is 9.10. The highest BCUT2D eigenvalue weighted by molar-refractivity contribution is 5.77. The fourth-order valence-electron chi connectivity index (χ4n) is 1.73. The number of hydrogen-bond donors (Lipinski definition) is 1. The number of imidazole rings is 1. The summed E-state index contributed by atoms with van der Waals surface area (Å²) < 4.78 is 6.92. The van der Waals surface area contributed by atoms with Crippen molar-refractivity contribution in [3.8, 4) is 23.1 Å². The highest BCUT2D eigenvalue weighted by atomic mass is 16.5. The molecule has 0 radical (unpaired) electrons. The molecular formula is C12H12N4O. The highest BCUT2D eigenvalue weighted by Gasteiger charge is 2.16. The molecule has 1 heterocycles. The lowest BCUT2D eigenvalue weighted by Crippen LogP contribution is -1.96. The summed E-state index contributed by atoms with van der Waals surface area (Å²) in [5, 5.41) is 9.10. The van der Waals surface area contributed by atoms with E-state index in [2.05, 4.69) is 11.1 Å². The molecule has 0 aliphatic carbocycles. The summed E-state index contributed by atoms with van der Waals surface area (Å²) in [6.45, 7) is 0. The summed E-state index contributed by atoms with van der Waals surface area (Å²) in [5.41, 5.74) is 8.14. The van der Waals surface area contributed by atoms with Crippen LogP contribution in [0.5, 0.6) is 5.75 Å². The highest BCUT2D eigenvalue weighted by Crippen LogP contribution is 2.35. The third-order valence-electron chi connectivity index (χ3n) is 2.55. The molecule has 17 heavy (non-hydrogen) atoms. The van der Waals surface area contributed by atoms with Crippen LogP contribution in [0.2, 0.25) is 0 Å². The Hall–Kier alpha value is -2.48. The molecule has 5 nitrogen and oxygen atoms in total. The Morgan fingerprint density at radius 2 is 2.24 bits per heavy atom.